The number of fused-ring (bicyclic) bond motifs is 1. The SMILES string of the molecule is CN(Cc1ccccc1)C(=O)Cn1c(=O)c2c(ncn2Cc2ccccc2)n(Cc2ccccc2)c1=O. The molecule has 2 heterocycles. The lowest BCUT2D eigenvalue weighted by Gasteiger charge is -2.18. The van der Waals surface area contributed by atoms with Crippen molar-refractivity contribution in [1.29, 1.82) is 0 Å². The van der Waals surface area contributed by atoms with Crippen molar-refractivity contribution in [3.05, 3.63) is 135 Å². The zero-order valence-corrected chi connectivity index (χ0v) is 20.5. The zero-order valence-electron chi connectivity index (χ0n) is 20.5. The minimum atomic E-state index is -0.562. The summed E-state index contributed by atoms with van der Waals surface area (Å²) >= 11 is 0. The fraction of sp³-hybridized carbons (Fsp3) is 0.172. The second-order valence-electron chi connectivity index (χ2n) is 9.01. The molecule has 186 valence electrons. The van der Waals surface area contributed by atoms with Crippen LogP contribution in [-0.2, 0) is 31.0 Å². The van der Waals surface area contributed by atoms with Gasteiger partial charge in [0.25, 0.3) is 5.56 Å². The number of carbonyl (C=O) groups excluding carboxylic acids is 1. The van der Waals surface area contributed by atoms with E-state index in [0.717, 1.165) is 21.3 Å². The third-order valence-corrected chi connectivity index (χ3v) is 6.34. The molecule has 0 aliphatic rings. The number of likely N-dealkylation sites (N-methyl/N-ethyl adjacent to an activating group) is 1. The van der Waals surface area contributed by atoms with Crippen LogP contribution in [0.2, 0.25) is 0 Å². The quantitative estimate of drug-likeness (QED) is 0.333. The van der Waals surface area contributed by atoms with Gasteiger partial charge < -0.3 is 9.47 Å². The van der Waals surface area contributed by atoms with Crippen LogP contribution in [0.15, 0.2) is 107 Å². The van der Waals surface area contributed by atoms with Gasteiger partial charge in [0.2, 0.25) is 5.91 Å². The predicted molar refractivity (Wildman–Crippen MR) is 142 cm³/mol. The molecule has 0 saturated heterocycles. The van der Waals surface area contributed by atoms with Gasteiger partial charge in [0, 0.05) is 20.1 Å². The molecule has 0 spiro atoms. The molecule has 2 aromatic heterocycles. The fourth-order valence-corrected chi connectivity index (χ4v) is 4.39. The summed E-state index contributed by atoms with van der Waals surface area (Å²) in [4.78, 5) is 46.4. The number of nitrogens with zero attached hydrogens (tertiary/aromatic N) is 5. The van der Waals surface area contributed by atoms with Crippen LogP contribution in [0.3, 0.4) is 0 Å². The molecule has 0 fully saturated rings. The van der Waals surface area contributed by atoms with Gasteiger partial charge in [-0.25, -0.2) is 14.3 Å². The molecule has 0 atom stereocenters. The Morgan fingerprint density at radius 1 is 0.757 bits per heavy atom. The number of benzene rings is 3. The van der Waals surface area contributed by atoms with E-state index in [1.807, 2.05) is 91.0 Å². The number of aromatic nitrogens is 4. The van der Waals surface area contributed by atoms with E-state index in [0.29, 0.717) is 18.7 Å². The van der Waals surface area contributed by atoms with Gasteiger partial charge in [-0.2, -0.15) is 0 Å². The van der Waals surface area contributed by atoms with E-state index in [2.05, 4.69) is 4.98 Å². The van der Waals surface area contributed by atoms with Crippen molar-refractivity contribution in [3.63, 3.8) is 0 Å². The summed E-state index contributed by atoms with van der Waals surface area (Å²) in [5.41, 5.74) is 2.35. The molecular formula is C29H27N5O3. The number of rotatable bonds is 8. The van der Waals surface area contributed by atoms with Crippen molar-refractivity contribution in [2.45, 2.75) is 26.2 Å². The third-order valence-electron chi connectivity index (χ3n) is 6.34. The van der Waals surface area contributed by atoms with E-state index in [1.54, 1.807) is 17.9 Å². The van der Waals surface area contributed by atoms with Crippen LogP contribution >= 0.6 is 0 Å². The van der Waals surface area contributed by atoms with Gasteiger partial charge in [-0.3, -0.25) is 14.2 Å². The van der Waals surface area contributed by atoms with Gasteiger partial charge in [-0.15, -0.1) is 0 Å². The topological polar surface area (TPSA) is 82.1 Å². The first-order valence-electron chi connectivity index (χ1n) is 12.1. The Kier molecular flexibility index (Phi) is 6.81. The van der Waals surface area contributed by atoms with Crippen LogP contribution in [0.25, 0.3) is 11.2 Å². The fourth-order valence-electron chi connectivity index (χ4n) is 4.39. The Morgan fingerprint density at radius 2 is 1.30 bits per heavy atom. The summed E-state index contributed by atoms with van der Waals surface area (Å²) in [5.74, 6) is -0.331. The highest BCUT2D eigenvalue weighted by atomic mass is 16.2. The highest BCUT2D eigenvalue weighted by Crippen LogP contribution is 2.12. The summed E-state index contributed by atoms with van der Waals surface area (Å²) in [6.45, 7) is 0.661. The molecule has 0 radical (unpaired) electrons. The minimum absolute atomic E-state index is 0.229. The molecular weight excluding hydrogens is 466 g/mol. The lowest BCUT2D eigenvalue weighted by atomic mass is 10.2. The maximum Gasteiger partial charge on any atom is 0.333 e. The molecule has 3 aromatic carbocycles. The number of imidazole rings is 1. The van der Waals surface area contributed by atoms with Crippen LogP contribution < -0.4 is 11.2 Å². The summed E-state index contributed by atoms with van der Waals surface area (Å²) in [7, 11) is 1.67. The molecule has 1 amide bonds. The first-order valence-corrected chi connectivity index (χ1v) is 12.1. The monoisotopic (exact) mass is 493 g/mol. The Balaban J connectivity index is 1.57. The number of hydrogen-bond donors (Lipinski definition) is 0. The van der Waals surface area contributed by atoms with Crippen molar-refractivity contribution in [1.82, 2.24) is 23.6 Å². The summed E-state index contributed by atoms with van der Waals surface area (Å²) < 4.78 is 4.24. The summed E-state index contributed by atoms with van der Waals surface area (Å²) in [5, 5.41) is 0. The number of amides is 1. The normalized spacial score (nSPS) is 11.1. The number of carbonyl (C=O) groups is 1. The van der Waals surface area contributed by atoms with Gasteiger partial charge in [-0.05, 0) is 16.7 Å². The first-order chi connectivity index (χ1) is 18.0. The van der Waals surface area contributed by atoms with Crippen molar-refractivity contribution >= 4 is 17.1 Å². The average molecular weight is 494 g/mol. The molecule has 0 saturated carbocycles. The molecule has 0 unspecified atom stereocenters. The van der Waals surface area contributed by atoms with E-state index in [9.17, 15) is 14.4 Å². The van der Waals surface area contributed by atoms with Gasteiger partial charge >= 0.3 is 5.69 Å². The highest BCUT2D eigenvalue weighted by Gasteiger charge is 2.21. The molecule has 0 aliphatic carbocycles. The summed E-state index contributed by atoms with van der Waals surface area (Å²) in [6, 6.07) is 28.8. The van der Waals surface area contributed by atoms with Gasteiger partial charge in [0.15, 0.2) is 11.2 Å². The summed E-state index contributed by atoms with van der Waals surface area (Å²) in [6.07, 6.45) is 1.58. The molecule has 5 aromatic rings. The molecule has 37 heavy (non-hydrogen) atoms. The van der Waals surface area contributed by atoms with E-state index >= 15 is 0 Å². The van der Waals surface area contributed by atoms with E-state index in [-0.39, 0.29) is 24.5 Å². The van der Waals surface area contributed by atoms with Crippen molar-refractivity contribution in [2.24, 2.45) is 0 Å². The Hall–Kier alpha value is -4.72. The van der Waals surface area contributed by atoms with Gasteiger partial charge in [-0.1, -0.05) is 91.0 Å². The lowest BCUT2D eigenvalue weighted by molar-refractivity contribution is -0.131. The van der Waals surface area contributed by atoms with Crippen LogP contribution in [0.1, 0.15) is 16.7 Å². The molecule has 0 N–H and O–H groups in total. The van der Waals surface area contributed by atoms with Crippen LogP contribution in [0.5, 0.6) is 0 Å². The minimum Gasteiger partial charge on any atom is -0.340 e. The van der Waals surface area contributed by atoms with Gasteiger partial charge in [0.1, 0.15) is 6.54 Å². The van der Waals surface area contributed by atoms with E-state index in [4.69, 9.17) is 0 Å². The molecule has 5 rings (SSSR count). The van der Waals surface area contributed by atoms with Crippen LogP contribution in [-0.4, -0.2) is 36.5 Å². The maximum absolute atomic E-state index is 13.7. The van der Waals surface area contributed by atoms with Crippen molar-refractivity contribution < 1.29 is 4.79 Å². The van der Waals surface area contributed by atoms with Crippen LogP contribution in [0, 0.1) is 0 Å². The molecule has 0 aliphatic heterocycles. The first kappa shape index (κ1) is 24.0. The zero-order chi connectivity index (χ0) is 25.8. The maximum atomic E-state index is 13.7. The van der Waals surface area contributed by atoms with Crippen LogP contribution in [0.4, 0.5) is 0 Å². The largest absolute Gasteiger partial charge is 0.340 e. The molecule has 0 bridgehead atoms. The van der Waals surface area contributed by atoms with Crippen molar-refractivity contribution in [2.75, 3.05) is 7.05 Å². The lowest BCUT2D eigenvalue weighted by Crippen LogP contribution is -2.44. The smallest absolute Gasteiger partial charge is 0.333 e. The highest BCUT2D eigenvalue weighted by molar-refractivity contribution is 5.76. The Morgan fingerprint density at radius 3 is 1.89 bits per heavy atom. The predicted octanol–water partition coefficient (Wildman–Crippen LogP) is 3.11. The Bertz CT molecular complexity index is 1640. The second kappa shape index (κ2) is 10.5. The standard InChI is InChI=1S/C29H27N5O3/c1-31(17-22-11-5-2-6-12-22)25(35)20-34-28(36)26-27(30-21-32(26)18-23-13-7-3-8-14-23)33(29(34)37)19-24-15-9-4-10-16-24/h2-16,21H,17-20H2,1H3. The molecule has 8 heteroatoms. The van der Waals surface area contributed by atoms with Crippen molar-refractivity contribution in [3.8, 4) is 0 Å². The Labute approximate surface area is 213 Å². The third kappa shape index (κ3) is 5.13. The number of hydrogen-bond acceptors (Lipinski definition) is 4. The van der Waals surface area contributed by atoms with Gasteiger partial charge in [0.05, 0.1) is 12.9 Å². The molecule has 8 nitrogen and oxygen atoms in total. The second-order valence-corrected chi connectivity index (χ2v) is 9.01. The van der Waals surface area contributed by atoms with E-state index < -0.39 is 11.2 Å². The van der Waals surface area contributed by atoms with E-state index in [1.165, 1.54) is 9.47 Å². The average Bonchev–Trinajstić information content (AvgIpc) is 3.34.